The maximum atomic E-state index is 12.0. The minimum Gasteiger partial charge on any atom is -0.384 e. The molecule has 0 aliphatic rings. The van der Waals surface area contributed by atoms with Crippen molar-refractivity contribution in [2.75, 3.05) is 6.61 Å². The molecule has 2 rings (SSSR count). The van der Waals surface area contributed by atoms with Gasteiger partial charge in [-0.1, -0.05) is 23.4 Å². The lowest BCUT2D eigenvalue weighted by molar-refractivity contribution is 0.0950. The molecule has 0 saturated carbocycles. The zero-order chi connectivity index (χ0) is 15.1. The van der Waals surface area contributed by atoms with Crippen molar-refractivity contribution in [3.05, 3.63) is 58.4 Å². The summed E-state index contributed by atoms with van der Waals surface area (Å²) in [7, 11) is 0. The fourth-order valence-electron chi connectivity index (χ4n) is 1.59. The molecule has 5 nitrogen and oxygen atoms in total. The number of carbonyl (C=O) groups is 1. The van der Waals surface area contributed by atoms with Crippen LogP contribution in [0.15, 0.2) is 36.5 Å². The number of benzene rings is 1. The molecule has 0 aliphatic heterocycles. The van der Waals surface area contributed by atoms with E-state index in [1.807, 2.05) is 0 Å². The van der Waals surface area contributed by atoms with Gasteiger partial charge >= 0.3 is 0 Å². The molecule has 1 amide bonds. The second-order valence-electron chi connectivity index (χ2n) is 4.05. The van der Waals surface area contributed by atoms with Crippen LogP contribution in [0, 0.1) is 11.8 Å². The summed E-state index contributed by atoms with van der Waals surface area (Å²) in [6, 6.07) is 8.32. The van der Waals surface area contributed by atoms with E-state index in [4.69, 9.17) is 16.7 Å². The number of nitrogens with zero attached hydrogens (tertiary/aromatic N) is 2. The predicted octanol–water partition coefficient (Wildman–Crippen LogP) is 1.40. The van der Waals surface area contributed by atoms with Crippen LogP contribution in [-0.2, 0) is 6.54 Å². The monoisotopic (exact) mass is 301 g/mol. The number of hydrogen-bond acceptors (Lipinski definition) is 4. The maximum Gasteiger partial charge on any atom is 0.251 e. The largest absolute Gasteiger partial charge is 0.384 e. The topological polar surface area (TPSA) is 75.1 Å². The number of carbonyl (C=O) groups excluding carboxylic acids is 1. The van der Waals surface area contributed by atoms with Crippen molar-refractivity contribution in [2.24, 2.45) is 0 Å². The van der Waals surface area contributed by atoms with Gasteiger partial charge in [0, 0.05) is 17.3 Å². The number of aliphatic hydroxyl groups is 1. The Morgan fingerprint density at radius 2 is 2.24 bits per heavy atom. The van der Waals surface area contributed by atoms with Crippen LogP contribution in [0.3, 0.4) is 0 Å². The van der Waals surface area contributed by atoms with Gasteiger partial charge in [-0.25, -0.2) is 0 Å². The molecule has 0 radical (unpaired) electrons. The molecule has 1 aromatic carbocycles. The van der Waals surface area contributed by atoms with Crippen LogP contribution in [-0.4, -0.2) is 27.8 Å². The van der Waals surface area contributed by atoms with Gasteiger partial charge in [-0.15, -0.1) is 0 Å². The summed E-state index contributed by atoms with van der Waals surface area (Å²) in [6.07, 6.45) is 1.57. The summed E-state index contributed by atoms with van der Waals surface area (Å²) in [5, 5.41) is 19.3. The summed E-state index contributed by atoms with van der Waals surface area (Å²) in [5.74, 6) is 4.95. The molecule has 0 unspecified atom stereocenters. The first-order chi connectivity index (χ1) is 10.2. The van der Waals surface area contributed by atoms with Gasteiger partial charge in [-0.05, 0) is 30.3 Å². The van der Waals surface area contributed by atoms with Crippen molar-refractivity contribution in [2.45, 2.75) is 6.54 Å². The van der Waals surface area contributed by atoms with Crippen molar-refractivity contribution >= 4 is 17.5 Å². The van der Waals surface area contributed by atoms with Crippen LogP contribution in [0.5, 0.6) is 0 Å². The van der Waals surface area contributed by atoms with Gasteiger partial charge in [0.25, 0.3) is 5.91 Å². The van der Waals surface area contributed by atoms with Gasteiger partial charge in [0.1, 0.15) is 6.61 Å². The van der Waals surface area contributed by atoms with Gasteiger partial charge in [0.15, 0.2) is 0 Å². The van der Waals surface area contributed by atoms with Crippen molar-refractivity contribution in [3.8, 4) is 11.8 Å². The number of aromatic nitrogens is 2. The third-order valence-electron chi connectivity index (χ3n) is 2.59. The molecule has 0 spiro atoms. The second-order valence-corrected chi connectivity index (χ2v) is 4.46. The zero-order valence-electron chi connectivity index (χ0n) is 11.0. The smallest absolute Gasteiger partial charge is 0.251 e. The first-order valence-electron chi connectivity index (χ1n) is 6.15. The Bertz CT molecular complexity index is 693. The SMILES string of the molecule is O=C(NCc1cccnn1)c1ccc(C#CCO)c(Cl)c1. The highest BCUT2D eigenvalue weighted by Crippen LogP contribution is 2.17. The molecule has 0 fully saturated rings. The first kappa shape index (κ1) is 15.0. The van der Waals surface area contributed by atoms with Crippen molar-refractivity contribution in [3.63, 3.8) is 0 Å². The molecule has 2 aromatic rings. The normalized spacial score (nSPS) is 9.62. The number of aliphatic hydroxyl groups excluding tert-OH is 1. The fraction of sp³-hybridized carbons (Fsp3) is 0.133. The third-order valence-corrected chi connectivity index (χ3v) is 2.90. The lowest BCUT2D eigenvalue weighted by Crippen LogP contribution is -2.23. The summed E-state index contributed by atoms with van der Waals surface area (Å²) in [6.45, 7) is 0.0487. The van der Waals surface area contributed by atoms with Gasteiger partial charge in [0.05, 0.1) is 17.3 Å². The highest BCUT2D eigenvalue weighted by atomic mass is 35.5. The molecule has 1 heterocycles. The number of nitrogens with one attached hydrogen (secondary N) is 1. The molecular formula is C15H12ClN3O2. The average Bonchev–Trinajstić information content (AvgIpc) is 2.52. The molecule has 6 heteroatoms. The average molecular weight is 302 g/mol. The first-order valence-corrected chi connectivity index (χ1v) is 6.52. The van der Waals surface area contributed by atoms with E-state index in [1.54, 1.807) is 30.5 Å². The summed E-state index contributed by atoms with van der Waals surface area (Å²) in [5.41, 5.74) is 1.66. The minimum absolute atomic E-state index is 0.239. The lowest BCUT2D eigenvalue weighted by atomic mass is 10.1. The Hall–Kier alpha value is -2.42. The highest BCUT2D eigenvalue weighted by molar-refractivity contribution is 6.32. The molecule has 0 atom stereocenters. The van der Waals surface area contributed by atoms with E-state index >= 15 is 0 Å². The summed E-state index contributed by atoms with van der Waals surface area (Å²) < 4.78 is 0. The molecule has 0 bridgehead atoms. The maximum absolute atomic E-state index is 12.0. The van der Waals surface area contributed by atoms with Gasteiger partial charge in [0.2, 0.25) is 0 Å². The van der Waals surface area contributed by atoms with Crippen LogP contribution in [0.4, 0.5) is 0 Å². The molecule has 2 N–H and O–H groups in total. The Labute approximate surface area is 127 Å². The molecule has 1 aromatic heterocycles. The Morgan fingerprint density at radius 1 is 1.38 bits per heavy atom. The van der Waals surface area contributed by atoms with Crippen LogP contribution in [0.1, 0.15) is 21.6 Å². The highest BCUT2D eigenvalue weighted by Gasteiger charge is 2.08. The number of rotatable bonds is 3. The van der Waals surface area contributed by atoms with Crippen LogP contribution < -0.4 is 5.32 Å². The molecule has 106 valence electrons. The van der Waals surface area contributed by atoms with Crippen LogP contribution in [0.25, 0.3) is 0 Å². The number of amides is 1. The fourth-order valence-corrected chi connectivity index (χ4v) is 1.82. The Balaban J connectivity index is 2.04. The number of halogens is 1. The molecule has 21 heavy (non-hydrogen) atoms. The summed E-state index contributed by atoms with van der Waals surface area (Å²) in [4.78, 5) is 12.0. The molecule has 0 saturated heterocycles. The van der Waals surface area contributed by atoms with E-state index in [-0.39, 0.29) is 19.1 Å². The van der Waals surface area contributed by atoms with Crippen LogP contribution in [0.2, 0.25) is 5.02 Å². The van der Waals surface area contributed by atoms with Gasteiger partial charge in [-0.3, -0.25) is 4.79 Å². The lowest BCUT2D eigenvalue weighted by Gasteiger charge is -2.05. The number of hydrogen-bond donors (Lipinski definition) is 2. The zero-order valence-corrected chi connectivity index (χ0v) is 11.8. The minimum atomic E-state index is -0.260. The van der Waals surface area contributed by atoms with Gasteiger partial charge in [-0.2, -0.15) is 10.2 Å². The van der Waals surface area contributed by atoms with E-state index in [0.717, 1.165) is 0 Å². The van der Waals surface area contributed by atoms with Crippen molar-refractivity contribution in [1.82, 2.24) is 15.5 Å². The van der Waals surface area contributed by atoms with Crippen molar-refractivity contribution in [1.29, 1.82) is 0 Å². The second kappa shape index (κ2) is 7.39. The van der Waals surface area contributed by atoms with Crippen LogP contribution >= 0.6 is 11.6 Å². The van der Waals surface area contributed by atoms with E-state index in [2.05, 4.69) is 27.4 Å². The molecule has 0 aliphatic carbocycles. The van der Waals surface area contributed by atoms with Gasteiger partial charge < -0.3 is 10.4 Å². The van der Waals surface area contributed by atoms with E-state index in [0.29, 0.717) is 21.8 Å². The van der Waals surface area contributed by atoms with Crippen molar-refractivity contribution < 1.29 is 9.90 Å². The Kier molecular flexibility index (Phi) is 5.27. The standard InChI is InChI=1S/C15H12ClN3O2/c16-14-9-12(6-5-11(14)3-2-8-20)15(21)17-10-13-4-1-7-18-19-13/h1,4-7,9,20H,8,10H2,(H,17,21). The predicted molar refractivity (Wildman–Crippen MR) is 78.6 cm³/mol. The Morgan fingerprint density at radius 3 is 2.90 bits per heavy atom. The molecular weight excluding hydrogens is 290 g/mol. The van der Waals surface area contributed by atoms with E-state index in [9.17, 15) is 4.79 Å². The third kappa shape index (κ3) is 4.28. The van der Waals surface area contributed by atoms with E-state index < -0.39 is 0 Å². The quantitative estimate of drug-likeness (QED) is 0.841. The summed E-state index contributed by atoms with van der Waals surface area (Å²) >= 11 is 6.04. The van der Waals surface area contributed by atoms with E-state index in [1.165, 1.54) is 6.07 Å².